The maximum atomic E-state index is 11.8. The van der Waals surface area contributed by atoms with Crippen molar-refractivity contribution in [1.82, 2.24) is 9.55 Å². The van der Waals surface area contributed by atoms with Crippen LogP contribution in [0, 0.1) is 11.8 Å². The highest BCUT2D eigenvalue weighted by atomic mass is 16.3. The van der Waals surface area contributed by atoms with E-state index >= 15 is 0 Å². The maximum absolute atomic E-state index is 11.8. The SMILES string of the molecule is Nc1ccn(C2CC(CO)C(CO)CC2O)c(=O)n1. The number of hydrogen-bond donors (Lipinski definition) is 4. The van der Waals surface area contributed by atoms with Gasteiger partial charge in [-0.05, 0) is 30.7 Å². The van der Waals surface area contributed by atoms with Crippen LogP contribution in [0.5, 0.6) is 0 Å². The predicted molar refractivity (Wildman–Crippen MR) is 68.3 cm³/mol. The summed E-state index contributed by atoms with van der Waals surface area (Å²) in [5.41, 5.74) is 4.92. The molecule has 0 radical (unpaired) electrons. The van der Waals surface area contributed by atoms with Gasteiger partial charge in [-0.2, -0.15) is 4.98 Å². The number of nitrogen functional groups attached to an aromatic ring is 1. The van der Waals surface area contributed by atoms with Crippen molar-refractivity contribution in [2.75, 3.05) is 18.9 Å². The van der Waals surface area contributed by atoms with E-state index in [9.17, 15) is 20.1 Å². The van der Waals surface area contributed by atoms with E-state index in [4.69, 9.17) is 5.73 Å². The molecule has 0 saturated heterocycles. The molecule has 0 aliphatic heterocycles. The number of nitrogens with zero attached hydrogens (tertiary/aromatic N) is 2. The minimum Gasteiger partial charge on any atom is -0.396 e. The van der Waals surface area contributed by atoms with Crippen molar-refractivity contribution in [2.24, 2.45) is 11.8 Å². The molecule has 4 atom stereocenters. The summed E-state index contributed by atoms with van der Waals surface area (Å²) < 4.78 is 1.34. The zero-order valence-electron chi connectivity index (χ0n) is 10.5. The van der Waals surface area contributed by atoms with Gasteiger partial charge in [0.1, 0.15) is 5.82 Å². The van der Waals surface area contributed by atoms with Crippen molar-refractivity contribution in [3.8, 4) is 0 Å². The molecule has 1 aromatic heterocycles. The average Bonchev–Trinajstić information content (AvgIpc) is 2.39. The lowest BCUT2D eigenvalue weighted by atomic mass is 9.76. The molecule has 0 bridgehead atoms. The molecular weight excluding hydrogens is 250 g/mol. The summed E-state index contributed by atoms with van der Waals surface area (Å²) in [7, 11) is 0. The summed E-state index contributed by atoms with van der Waals surface area (Å²) in [5.74, 6) is -0.143. The van der Waals surface area contributed by atoms with Gasteiger partial charge in [0, 0.05) is 19.4 Å². The fourth-order valence-corrected chi connectivity index (χ4v) is 2.74. The second kappa shape index (κ2) is 5.68. The molecule has 1 aliphatic rings. The van der Waals surface area contributed by atoms with E-state index < -0.39 is 17.8 Å². The van der Waals surface area contributed by atoms with E-state index in [2.05, 4.69) is 4.98 Å². The van der Waals surface area contributed by atoms with Crippen LogP contribution >= 0.6 is 0 Å². The lowest BCUT2D eigenvalue weighted by molar-refractivity contribution is -0.0161. The standard InChI is InChI=1S/C12H19N3O4/c13-11-1-2-15(12(19)14-11)9-3-7(5-16)8(6-17)4-10(9)18/h1-2,7-10,16-18H,3-6H2,(H2,13,14,19). The van der Waals surface area contributed by atoms with Gasteiger partial charge in [0.25, 0.3) is 0 Å². The van der Waals surface area contributed by atoms with Gasteiger partial charge in [-0.1, -0.05) is 0 Å². The third-order valence-electron chi connectivity index (χ3n) is 3.88. The van der Waals surface area contributed by atoms with Crippen LogP contribution in [0.3, 0.4) is 0 Å². The maximum Gasteiger partial charge on any atom is 0.349 e. The minimum atomic E-state index is -0.747. The van der Waals surface area contributed by atoms with E-state index in [0.29, 0.717) is 12.8 Å². The Morgan fingerprint density at radius 1 is 1.32 bits per heavy atom. The van der Waals surface area contributed by atoms with Crippen LogP contribution in [0.1, 0.15) is 18.9 Å². The summed E-state index contributed by atoms with van der Waals surface area (Å²) in [4.78, 5) is 15.4. The van der Waals surface area contributed by atoms with Crippen LogP contribution in [-0.2, 0) is 0 Å². The summed E-state index contributed by atoms with van der Waals surface area (Å²) in [6.07, 6.45) is 1.53. The van der Waals surface area contributed by atoms with Crippen LogP contribution in [0.15, 0.2) is 17.1 Å². The Morgan fingerprint density at radius 3 is 2.53 bits per heavy atom. The second-order valence-electron chi connectivity index (χ2n) is 5.03. The topological polar surface area (TPSA) is 122 Å². The quantitative estimate of drug-likeness (QED) is 0.543. The normalized spacial score (nSPS) is 31.3. The molecule has 1 aromatic rings. The van der Waals surface area contributed by atoms with Crippen LogP contribution in [0.2, 0.25) is 0 Å². The van der Waals surface area contributed by atoms with Crippen molar-refractivity contribution < 1.29 is 15.3 Å². The highest BCUT2D eigenvalue weighted by Crippen LogP contribution is 2.35. The molecule has 1 fully saturated rings. The molecular formula is C12H19N3O4. The molecule has 106 valence electrons. The Hall–Kier alpha value is -1.44. The first-order chi connectivity index (χ1) is 9.06. The van der Waals surface area contributed by atoms with Gasteiger partial charge >= 0.3 is 5.69 Å². The second-order valence-corrected chi connectivity index (χ2v) is 5.03. The summed E-state index contributed by atoms with van der Waals surface area (Å²) in [5, 5.41) is 28.7. The van der Waals surface area contributed by atoms with Gasteiger partial charge in [0.15, 0.2) is 0 Å². The minimum absolute atomic E-state index is 0.0778. The number of aliphatic hydroxyl groups is 3. The van der Waals surface area contributed by atoms with Crippen molar-refractivity contribution in [3.63, 3.8) is 0 Å². The number of aromatic nitrogens is 2. The Kier molecular flexibility index (Phi) is 4.18. The van der Waals surface area contributed by atoms with Gasteiger partial charge in [-0.15, -0.1) is 0 Å². The zero-order valence-corrected chi connectivity index (χ0v) is 10.5. The highest BCUT2D eigenvalue weighted by molar-refractivity contribution is 5.23. The number of rotatable bonds is 3. The molecule has 1 heterocycles. The smallest absolute Gasteiger partial charge is 0.349 e. The van der Waals surface area contributed by atoms with Gasteiger partial charge in [-0.25, -0.2) is 4.79 Å². The molecule has 0 aromatic carbocycles. The Balaban J connectivity index is 2.27. The van der Waals surface area contributed by atoms with Gasteiger partial charge in [0.2, 0.25) is 0 Å². The predicted octanol–water partition coefficient (Wildman–Crippen LogP) is -1.26. The van der Waals surface area contributed by atoms with E-state index in [1.807, 2.05) is 0 Å². The Labute approximate surface area is 110 Å². The number of anilines is 1. The van der Waals surface area contributed by atoms with E-state index in [0.717, 1.165) is 0 Å². The van der Waals surface area contributed by atoms with E-state index in [1.54, 1.807) is 0 Å². The summed E-state index contributed by atoms with van der Waals surface area (Å²) >= 11 is 0. The van der Waals surface area contributed by atoms with Gasteiger partial charge in [-0.3, -0.25) is 4.57 Å². The number of aliphatic hydroxyl groups excluding tert-OH is 3. The lowest BCUT2D eigenvalue weighted by Gasteiger charge is -2.38. The van der Waals surface area contributed by atoms with Crippen molar-refractivity contribution >= 4 is 5.82 Å². The number of nitrogens with two attached hydrogens (primary N) is 1. The molecule has 4 unspecified atom stereocenters. The summed E-state index contributed by atoms with van der Waals surface area (Å²) in [6.45, 7) is -0.157. The van der Waals surface area contributed by atoms with Gasteiger partial charge < -0.3 is 21.1 Å². The van der Waals surface area contributed by atoms with E-state index in [-0.39, 0.29) is 30.9 Å². The van der Waals surface area contributed by atoms with Crippen LogP contribution < -0.4 is 11.4 Å². The third-order valence-corrected chi connectivity index (χ3v) is 3.88. The Bertz CT molecular complexity index is 490. The Morgan fingerprint density at radius 2 is 1.95 bits per heavy atom. The fraction of sp³-hybridized carbons (Fsp3) is 0.667. The van der Waals surface area contributed by atoms with Crippen molar-refractivity contribution in [3.05, 3.63) is 22.7 Å². The molecule has 19 heavy (non-hydrogen) atoms. The van der Waals surface area contributed by atoms with Crippen molar-refractivity contribution in [1.29, 1.82) is 0 Å². The van der Waals surface area contributed by atoms with Crippen molar-refractivity contribution in [2.45, 2.75) is 25.0 Å². The van der Waals surface area contributed by atoms with Gasteiger partial charge in [0.05, 0.1) is 12.1 Å². The monoisotopic (exact) mass is 269 g/mol. The molecule has 0 amide bonds. The number of hydrogen-bond acceptors (Lipinski definition) is 6. The third kappa shape index (κ3) is 2.78. The largest absolute Gasteiger partial charge is 0.396 e. The lowest BCUT2D eigenvalue weighted by Crippen LogP contribution is -2.43. The molecule has 1 aliphatic carbocycles. The molecule has 1 saturated carbocycles. The molecule has 7 nitrogen and oxygen atoms in total. The zero-order chi connectivity index (χ0) is 14.0. The molecule has 7 heteroatoms. The van der Waals surface area contributed by atoms with Crippen LogP contribution in [0.4, 0.5) is 5.82 Å². The highest BCUT2D eigenvalue weighted by Gasteiger charge is 2.36. The van der Waals surface area contributed by atoms with E-state index in [1.165, 1.54) is 16.8 Å². The summed E-state index contributed by atoms with van der Waals surface area (Å²) in [6, 6.07) is 1.06. The first kappa shape index (κ1) is 14.0. The molecule has 2 rings (SSSR count). The molecule has 0 spiro atoms. The first-order valence-corrected chi connectivity index (χ1v) is 6.31. The van der Waals surface area contributed by atoms with Crippen LogP contribution in [-0.4, -0.2) is 44.2 Å². The average molecular weight is 269 g/mol. The molecule has 5 N–H and O–H groups in total. The fourth-order valence-electron chi connectivity index (χ4n) is 2.74. The van der Waals surface area contributed by atoms with Crippen LogP contribution in [0.25, 0.3) is 0 Å². The first-order valence-electron chi connectivity index (χ1n) is 6.31.